The first-order valence-electron chi connectivity index (χ1n) is 6.75. The molecule has 0 saturated carbocycles. The van der Waals surface area contributed by atoms with E-state index in [1.165, 1.54) is 27.8 Å². The Labute approximate surface area is 135 Å². The Balaban J connectivity index is 2.07. The maximum atomic E-state index is 5.96. The Bertz CT molecular complexity index is 693. The van der Waals surface area contributed by atoms with E-state index in [1.807, 2.05) is 48.5 Å². The van der Waals surface area contributed by atoms with Gasteiger partial charge in [0.05, 0.1) is 0 Å². The average Bonchev–Trinajstić information content (AvgIpc) is 2.48. The summed E-state index contributed by atoms with van der Waals surface area (Å²) < 4.78 is 0. The largest absolute Gasteiger partial charge is 0.0843 e. The van der Waals surface area contributed by atoms with Gasteiger partial charge in [-0.1, -0.05) is 59.6 Å². The summed E-state index contributed by atoms with van der Waals surface area (Å²) >= 11 is 11.9. The van der Waals surface area contributed by atoms with Crippen LogP contribution in [0, 0.1) is 6.92 Å². The molecule has 0 aliphatic carbocycles. The van der Waals surface area contributed by atoms with Crippen molar-refractivity contribution in [3.63, 3.8) is 0 Å². The molecule has 0 radical (unpaired) electrons. The van der Waals surface area contributed by atoms with E-state index in [-0.39, 0.29) is 0 Å². The van der Waals surface area contributed by atoms with Crippen molar-refractivity contribution < 1.29 is 0 Å². The molecule has 0 aliphatic heterocycles. The van der Waals surface area contributed by atoms with Crippen molar-refractivity contribution in [1.82, 2.24) is 0 Å². The third-order valence-electron chi connectivity index (χ3n) is 3.43. The first-order chi connectivity index (χ1) is 10.1. The molecule has 3 rings (SSSR count). The maximum Gasteiger partial charge on any atom is 0.0406 e. The molecule has 0 fully saturated rings. The molecule has 104 valence electrons. The van der Waals surface area contributed by atoms with Gasteiger partial charge in [-0.15, -0.1) is 0 Å². The van der Waals surface area contributed by atoms with Crippen LogP contribution in [0.2, 0.25) is 10.0 Å². The van der Waals surface area contributed by atoms with E-state index in [4.69, 9.17) is 23.2 Å². The van der Waals surface area contributed by atoms with Crippen LogP contribution in [0.5, 0.6) is 0 Å². The average molecular weight is 313 g/mol. The molecule has 0 saturated heterocycles. The van der Waals surface area contributed by atoms with Crippen molar-refractivity contribution in [1.29, 1.82) is 0 Å². The topological polar surface area (TPSA) is 0 Å². The fourth-order valence-electron chi connectivity index (χ4n) is 2.40. The van der Waals surface area contributed by atoms with Crippen LogP contribution < -0.4 is 0 Å². The standard InChI is InChI=1S/C19H14Cl2/c1-13-10-16(14-2-6-18(20)7-3-14)12-17(11-13)15-4-8-19(21)9-5-15/h2-12H,1H3. The molecule has 0 heterocycles. The minimum absolute atomic E-state index is 0.754. The van der Waals surface area contributed by atoms with Crippen LogP contribution in [0.15, 0.2) is 66.7 Å². The van der Waals surface area contributed by atoms with Gasteiger partial charge in [0.25, 0.3) is 0 Å². The molecule has 2 heteroatoms. The molecule has 0 N–H and O–H groups in total. The molecular weight excluding hydrogens is 299 g/mol. The van der Waals surface area contributed by atoms with E-state index in [9.17, 15) is 0 Å². The van der Waals surface area contributed by atoms with Crippen LogP contribution in [0.25, 0.3) is 22.3 Å². The highest BCUT2D eigenvalue weighted by atomic mass is 35.5. The van der Waals surface area contributed by atoms with Crippen LogP contribution in [0.4, 0.5) is 0 Å². The maximum absolute atomic E-state index is 5.96. The van der Waals surface area contributed by atoms with E-state index in [0.717, 1.165) is 10.0 Å². The first-order valence-corrected chi connectivity index (χ1v) is 7.51. The molecule has 0 bridgehead atoms. The second-order valence-corrected chi connectivity index (χ2v) is 5.97. The summed E-state index contributed by atoms with van der Waals surface area (Å²) in [7, 11) is 0. The van der Waals surface area contributed by atoms with Gasteiger partial charge >= 0.3 is 0 Å². The summed E-state index contributed by atoms with van der Waals surface area (Å²) in [5, 5.41) is 1.51. The minimum Gasteiger partial charge on any atom is -0.0843 e. The van der Waals surface area contributed by atoms with Gasteiger partial charge in [0, 0.05) is 10.0 Å². The molecule has 3 aromatic carbocycles. The van der Waals surface area contributed by atoms with Gasteiger partial charge in [0.15, 0.2) is 0 Å². The van der Waals surface area contributed by atoms with E-state index >= 15 is 0 Å². The summed E-state index contributed by atoms with van der Waals surface area (Å²) in [6, 6.07) is 22.4. The third-order valence-corrected chi connectivity index (χ3v) is 3.94. The lowest BCUT2D eigenvalue weighted by Gasteiger charge is -2.09. The van der Waals surface area contributed by atoms with Gasteiger partial charge in [-0.05, 0) is 65.1 Å². The van der Waals surface area contributed by atoms with Crippen LogP contribution in [0.3, 0.4) is 0 Å². The number of halogens is 2. The van der Waals surface area contributed by atoms with Crippen molar-refractivity contribution in [2.75, 3.05) is 0 Å². The van der Waals surface area contributed by atoms with Gasteiger partial charge in [-0.3, -0.25) is 0 Å². The zero-order chi connectivity index (χ0) is 14.8. The summed E-state index contributed by atoms with van der Waals surface area (Å²) in [6.07, 6.45) is 0. The summed E-state index contributed by atoms with van der Waals surface area (Å²) in [5.41, 5.74) is 5.94. The van der Waals surface area contributed by atoms with Crippen LogP contribution in [-0.2, 0) is 0 Å². The van der Waals surface area contributed by atoms with Crippen LogP contribution >= 0.6 is 23.2 Å². The van der Waals surface area contributed by atoms with Gasteiger partial charge in [-0.25, -0.2) is 0 Å². The smallest absolute Gasteiger partial charge is 0.0406 e. The Morgan fingerprint density at radius 3 is 1.29 bits per heavy atom. The Morgan fingerprint density at radius 1 is 0.524 bits per heavy atom. The molecule has 21 heavy (non-hydrogen) atoms. The molecule has 0 atom stereocenters. The lowest BCUT2D eigenvalue weighted by molar-refractivity contribution is 1.46. The molecular formula is C19H14Cl2. The molecule has 0 unspecified atom stereocenters. The van der Waals surface area contributed by atoms with Crippen LogP contribution in [0.1, 0.15) is 5.56 Å². The Hall–Kier alpha value is -1.76. The molecule has 0 amide bonds. The molecule has 0 nitrogen and oxygen atoms in total. The predicted octanol–water partition coefficient (Wildman–Crippen LogP) is 6.64. The fourth-order valence-corrected chi connectivity index (χ4v) is 2.65. The van der Waals surface area contributed by atoms with Crippen molar-refractivity contribution in [2.24, 2.45) is 0 Å². The summed E-state index contributed by atoms with van der Waals surface area (Å²) in [5.74, 6) is 0. The van der Waals surface area contributed by atoms with E-state index in [1.54, 1.807) is 0 Å². The van der Waals surface area contributed by atoms with Crippen LogP contribution in [-0.4, -0.2) is 0 Å². The van der Waals surface area contributed by atoms with Crippen molar-refractivity contribution in [3.05, 3.63) is 82.3 Å². The Kier molecular flexibility index (Phi) is 4.01. The number of hydrogen-bond acceptors (Lipinski definition) is 0. The Morgan fingerprint density at radius 2 is 0.905 bits per heavy atom. The lowest BCUT2D eigenvalue weighted by atomic mass is 9.97. The minimum atomic E-state index is 0.754. The molecule has 0 aromatic heterocycles. The molecule has 0 aliphatic rings. The number of benzene rings is 3. The van der Waals surface area contributed by atoms with Gasteiger partial charge in [0.1, 0.15) is 0 Å². The second-order valence-electron chi connectivity index (χ2n) is 5.10. The van der Waals surface area contributed by atoms with Gasteiger partial charge < -0.3 is 0 Å². The highest BCUT2D eigenvalue weighted by Crippen LogP contribution is 2.29. The van der Waals surface area contributed by atoms with Crippen molar-refractivity contribution >= 4 is 23.2 Å². The highest BCUT2D eigenvalue weighted by Gasteiger charge is 2.04. The second kappa shape index (κ2) is 5.93. The SMILES string of the molecule is Cc1cc(-c2ccc(Cl)cc2)cc(-c2ccc(Cl)cc2)c1. The van der Waals surface area contributed by atoms with Crippen molar-refractivity contribution in [3.8, 4) is 22.3 Å². The summed E-state index contributed by atoms with van der Waals surface area (Å²) in [6.45, 7) is 2.11. The normalized spacial score (nSPS) is 10.6. The zero-order valence-electron chi connectivity index (χ0n) is 11.6. The van der Waals surface area contributed by atoms with Gasteiger partial charge in [0.2, 0.25) is 0 Å². The lowest BCUT2D eigenvalue weighted by Crippen LogP contribution is -1.84. The van der Waals surface area contributed by atoms with Gasteiger partial charge in [-0.2, -0.15) is 0 Å². The monoisotopic (exact) mass is 312 g/mol. The molecule has 3 aromatic rings. The highest BCUT2D eigenvalue weighted by molar-refractivity contribution is 6.30. The van der Waals surface area contributed by atoms with E-state index in [2.05, 4.69) is 25.1 Å². The van der Waals surface area contributed by atoms with E-state index < -0.39 is 0 Å². The number of rotatable bonds is 2. The summed E-state index contributed by atoms with van der Waals surface area (Å²) in [4.78, 5) is 0. The molecule has 0 spiro atoms. The predicted molar refractivity (Wildman–Crippen MR) is 92.1 cm³/mol. The number of hydrogen-bond donors (Lipinski definition) is 0. The zero-order valence-corrected chi connectivity index (χ0v) is 13.1. The van der Waals surface area contributed by atoms with E-state index in [0.29, 0.717) is 0 Å². The quantitative estimate of drug-likeness (QED) is 0.497. The number of aryl methyl sites for hydroxylation is 1. The first kappa shape index (κ1) is 14.2. The fraction of sp³-hybridized carbons (Fsp3) is 0.0526. The third kappa shape index (κ3) is 3.29. The van der Waals surface area contributed by atoms with Crippen molar-refractivity contribution in [2.45, 2.75) is 6.92 Å².